The van der Waals surface area contributed by atoms with Crippen LogP contribution in [0.5, 0.6) is 0 Å². The Bertz CT molecular complexity index is 539. The SMILES string of the molecule is CCNC(=NCc1cccc(CN(C)C)c1)NCC(CC)(CC)CCO. The number of aliphatic hydroxyl groups excluding tert-OH is 1. The van der Waals surface area contributed by atoms with Crippen molar-refractivity contribution in [2.45, 2.75) is 53.1 Å². The summed E-state index contributed by atoms with van der Waals surface area (Å²) in [7, 11) is 4.16. The zero-order valence-electron chi connectivity index (χ0n) is 17.3. The Labute approximate surface area is 159 Å². The highest BCUT2D eigenvalue weighted by Crippen LogP contribution is 2.29. The van der Waals surface area contributed by atoms with Gasteiger partial charge in [0, 0.05) is 26.2 Å². The Balaban J connectivity index is 2.76. The van der Waals surface area contributed by atoms with Crippen molar-refractivity contribution >= 4 is 5.96 Å². The summed E-state index contributed by atoms with van der Waals surface area (Å²) in [4.78, 5) is 6.92. The molecule has 0 spiro atoms. The first-order valence-corrected chi connectivity index (χ1v) is 9.84. The minimum Gasteiger partial charge on any atom is -0.396 e. The summed E-state index contributed by atoms with van der Waals surface area (Å²) in [6.07, 6.45) is 2.91. The van der Waals surface area contributed by atoms with Gasteiger partial charge >= 0.3 is 0 Å². The first-order chi connectivity index (χ1) is 12.5. The van der Waals surface area contributed by atoms with Gasteiger partial charge in [0.05, 0.1) is 6.54 Å². The second-order valence-electron chi connectivity index (χ2n) is 7.29. The topological polar surface area (TPSA) is 59.9 Å². The number of benzene rings is 1. The molecular weight excluding hydrogens is 324 g/mol. The highest BCUT2D eigenvalue weighted by atomic mass is 16.3. The minimum absolute atomic E-state index is 0.122. The van der Waals surface area contributed by atoms with E-state index in [9.17, 15) is 5.11 Å². The van der Waals surface area contributed by atoms with Crippen LogP contribution in [0.2, 0.25) is 0 Å². The molecule has 0 fully saturated rings. The van der Waals surface area contributed by atoms with E-state index >= 15 is 0 Å². The third kappa shape index (κ3) is 7.75. The number of aliphatic hydroxyl groups is 1. The molecule has 0 saturated carbocycles. The smallest absolute Gasteiger partial charge is 0.191 e. The number of hydrogen-bond acceptors (Lipinski definition) is 3. The fourth-order valence-corrected chi connectivity index (χ4v) is 3.15. The van der Waals surface area contributed by atoms with Crippen molar-refractivity contribution in [3.05, 3.63) is 35.4 Å². The molecule has 0 unspecified atom stereocenters. The lowest BCUT2D eigenvalue weighted by atomic mass is 9.79. The van der Waals surface area contributed by atoms with Crippen LogP contribution in [0.25, 0.3) is 0 Å². The van der Waals surface area contributed by atoms with E-state index in [2.05, 4.69) is 74.7 Å². The normalized spacial score (nSPS) is 12.5. The van der Waals surface area contributed by atoms with Crippen LogP contribution in [0.4, 0.5) is 0 Å². The van der Waals surface area contributed by atoms with E-state index < -0.39 is 0 Å². The average molecular weight is 363 g/mol. The fourth-order valence-electron chi connectivity index (χ4n) is 3.15. The molecule has 0 heterocycles. The zero-order valence-corrected chi connectivity index (χ0v) is 17.3. The highest BCUT2D eigenvalue weighted by Gasteiger charge is 2.25. The second-order valence-corrected chi connectivity index (χ2v) is 7.29. The molecule has 0 radical (unpaired) electrons. The van der Waals surface area contributed by atoms with Crippen LogP contribution < -0.4 is 10.6 Å². The lowest BCUT2D eigenvalue weighted by Gasteiger charge is -2.32. The Hall–Kier alpha value is -1.59. The summed E-state index contributed by atoms with van der Waals surface area (Å²) in [5, 5.41) is 16.2. The maximum atomic E-state index is 9.40. The number of hydrogen-bond donors (Lipinski definition) is 3. The number of aliphatic imine (C=N–C) groups is 1. The molecule has 0 aliphatic heterocycles. The first-order valence-electron chi connectivity index (χ1n) is 9.84. The molecule has 0 saturated heterocycles. The lowest BCUT2D eigenvalue weighted by Crippen LogP contribution is -2.43. The van der Waals surface area contributed by atoms with E-state index in [4.69, 9.17) is 4.99 Å². The molecular formula is C21H38N4O. The van der Waals surface area contributed by atoms with Crippen molar-refractivity contribution in [1.82, 2.24) is 15.5 Å². The van der Waals surface area contributed by atoms with Crippen molar-refractivity contribution in [3.8, 4) is 0 Å². The van der Waals surface area contributed by atoms with Gasteiger partial charge in [-0.05, 0) is 56.8 Å². The van der Waals surface area contributed by atoms with Crippen LogP contribution in [-0.2, 0) is 13.1 Å². The average Bonchev–Trinajstić information content (AvgIpc) is 2.62. The summed E-state index contributed by atoms with van der Waals surface area (Å²) in [5.74, 6) is 0.842. The van der Waals surface area contributed by atoms with Crippen LogP contribution in [0.3, 0.4) is 0 Å². The number of nitrogens with one attached hydrogen (secondary N) is 2. The number of guanidine groups is 1. The van der Waals surface area contributed by atoms with E-state index in [0.29, 0.717) is 6.54 Å². The third-order valence-electron chi connectivity index (χ3n) is 5.03. The van der Waals surface area contributed by atoms with E-state index in [0.717, 1.165) is 44.9 Å². The minimum atomic E-state index is 0.122. The van der Waals surface area contributed by atoms with Crippen LogP contribution >= 0.6 is 0 Å². The Morgan fingerprint density at radius 2 is 1.81 bits per heavy atom. The van der Waals surface area contributed by atoms with E-state index in [1.807, 2.05) is 0 Å². The molecule has 148 valence electrons. The van der Waals surface area contributed by atoms with Gasteiger partial charge in [0.15, 0.2) is 5.96 Å². The molecule has 26 heavy (non-hydrogen) atoms. The third-order valence-corrected chi connectivity index (χ3v) is 5.03. The van der Waals surface area contributed by atoms with Gasteiger partial charge in [0.1, 0.15) is 0 Å². The van der Waals surface area contributed by atoms with E-state index in [1.165, 1.54) is 11.1 Å². The van der Waals surface area contributed by atoms with Crippen LogP contribution in [0.15, 0.2) is 29.3 Å². The standard InChI is InChI=1S/C21H38N4O/c1-6-21(7-2,12-13-26)17-24-20(22-8-3)23-15-18-10-9-11-19(14-18)16-25(4)5/h9-11,14,26H,6-8,12-13,15-17H2,1-5H3,(H2,22,23,24). The van der Waals surface area contributed by atoms with Crippen LogP contribution in [0, 0.1) is 5.41 Å². The van der Waals surface area contributed by atoms with Gasteiger partial charge in [0.2, 0.25) is 0 Å². The predicted octanol–water partition coefficient (Wildman–Crippen LogP) is 2.99. The number of nitrogens with zero attached hydrogens (tertiary/aromatic N) is 2. The molecule has 0 aliphatic carbocycles. The molecule has 1 aromatic carbocycles. The van der Waals surface area contributed by atoms with Gasteiger partial charge in [-0.3, -0.25) is 0 Å². The predicted molar refractivity (Wildman–Crippen MR) is 111 cm³/mol. The van der Waals surface area contributed by atoms with Gasteiger partial charge < -0.3 is 20.6 Å². The summed E-state index contributed by atoms with van der Waals surface area (Å²) in [5.41, 5.74) is 2.64. The highest BCUT2D eigenvalue weighted by molar-refractivity contribution is 5.79. The van der Waals surface area contributed by atoms with Gasteiger partial charge in [-0.15, -0.1) is 0 Å². The summed E-state index contributed by atoms with van der Waals surface area (Å²) >= 11 is 0. The monoisotopic (exact) mass is 362 g/mol. The van der Waals surface area contributed by atoms with Gasteiger partial charge in [-0.25, -0.2) is 4.99 Å². The molecule has 0 aromatic heterocycles. The largest absolute Gasteiger partial charge is 0.396 e. The van der Waals surface area contributed by atoms with E-state index in [-0.39, 0.29) is 12.0 Å². The van der Waals surface area contributed by atoms with Crippen molar-refractivity contribution in [1.29, 1.82) is 0 Å². The molecule has 0 amide bonds. The van der Waals surface area contributed by atoms with Gasteiger partial charge in [-0.1, -0.05) is 38.1 Å². The Morgan fingerprint density at radius 1 is 1.12 bits per heavy atom. The molecule has 0 atom stereocenters. The molecule has 3 N–H and O–H groups in total. The molecule has 0 aliphatic rings. The van der Waals surface area contributed by atoms with Crippen LogP contribution in [-0.4, -0.2) is 49.8 Å². The molecule has 5 heteroatoms. The second kappa shape index (κ2) is 11.9. The Kier molecular flexibility index (Phi) is 10.3. The summed E-state index contributed by atoms with van der Waals surface area (Å²) in [6.45, 7) is 9.95. The van der Waals surface area contributed by atoms with E-state index in [1.54, 1.807) is 0 Å². The number of rotatable bonds is 11. The molecule has 1 rings (SSSR count). The fraction of sp³-hybridized carbons (Fsp3) is 0.667. The molecule has 5 nitrogen and oxygen atoms in total. The Morgan fingerprint density at radius 3 is 2.38 bits per heavy atom. The maximum absolute atomic E-state index is 9.40. The quantitative estimate of drug-likeness (QED) is 0.418. The summed E-state index contributed by atoms with van der Waals surface area (Å²) < 4.78 is 0. The lowest BCUT2D eigenvalue weighted by molar-refractivity contribution is 0.169. The first kappa shape index (κ1) is 22.5. The maximum Gasteiger partial charge on any atom is 0.191 e. The van der Waals surface area contributed by atoms with Crippen molar-refractivity contribution < 1.29 is 5.11 Å². The summed E-state index contributed by atoms with van der Waals surface area (Å²) in [6, 6.07) is 8.61. The van der Waals surface area contributed by atoms with Crippen LogP contribution in [0.1, 0.15) is 51.2 Å². The molecule has 1 aromatic rings. The van der Waals surface area contributed by atoms with Crippen molar-refractivity contribution in [2.24, 2.45) is 10.4 Å². The van der Waals surface area contributed by atoms with Gasteiger partial charge in [0.25, 0.3) is 0 Å². The zero-order chi connectivity index (χ0) is 19.4. The van der Waals surface area contributed by atoms with Gasteiger partial charge in [-0.2, -0.15) is 0 Å². The van der Waals surface area contributed by atoms with Crippen molar-refractivity contribution in [3.63, 3.8) is 0 Å². The molecule has 0 bridgehead atoms. The van der Waals surface area contributed by atoms with Crippen molar-refractivity contribution in [2.75, 3.05) is 33.8 Å².